The number of carbonyl (C=O) groups is 1. The number of nitrogens with two attached hydrogens (primary N) is 1. The second kappa shape index (κ2) is 9.72. The summed E-state index contributed by atoms with van der Waals surface area (Å²) < 4.78 is 14.7. The number of hydrogen-bond acceptors (Lipinski definition) is 5. The van der Waals surface area contributed by atoms with Crippen molar-refractivity contribution in [3.8, 4) is 0 Å². The van der Waals surface area contributed by atoms with E-state index in [1.165, 1.54) is 28.6 Å². The predicted molar refractivity (Wildman–Crippen MR) is 136 cm³/mol. The van der Waals surface area contributed by atoms with Gasteiger partial charge in [0.15, 0.2) is 5.65 Å². The van der Waals surface area contributed by atoms with Gasteiger partial charge in [-0.1, -0.05) is 54.6 Å². The van der Waals surface area contributed by atoms with Crippen LogP contribution in [-0.4, -0.2) is 33.3 Å². The van der Waals surface area contributed by atoms with E-state index in [-0.39, 0.29) is 23.1 Å². The third kappa shape index (κ3) is 4.72. The first-order valence-electron chi connectivity index (χ1n) is 11.3. The fraction of sp³-hybridized carbons (Fsp3) is 0.111. The molecule has 1 amide bonds. The molecule has 7 nitrogen and oxygen atoms in total. The van der Waals surface area contributed by atoms with Crippen LogP contribution in [0.1, 0.15) is 27.9 Å². The lowest BCUT2D eigenvalue weighted by molar-refractivity contribution is 0.0955. The molecule has 0 aliphatic heterocycles. The van der Waals surface area contributed by atoms with Crippen LogP contribution < -0.4 is 11.1 Å². The number of carbonyl (C=O) groups excluding carboxylic acids is 1. The van der Waals surface area contributed by atoms with Gasteiger partial charge in [0.25, 0.3) is 5.91 Å². The molecule has 0 atom stereocenters. The molecule has 5 rings (SSSR count). The average molecular weight is 467 g/mol. The third-order valence-electron chi connectivity index (χ3n) is 5.66. The first-order valence-corrected chi connectivity index (χ1v) is 11.3. The number of nitrogens with one attached hydrogen (secondary N) is 1. The Morgan fingerprint density at radius 1 is 0.971 bits per heavy atom. The molecule has 174 valence electrons. The normalized spacial score (nSPS) is 11.5. The summed E-state index contributed by atoms with van der Waals surface area (Å²) in [5.74, 6) is -0.535. The molecule has 0 spiro atoms. The summed E-state index contributed by atoms with van der Waals surface area (Å²) in [4.78, 5) is 22.5. The minimum Gasteiger partial charge on any atom is -0.383 e. The number of nitrogen functional groups attached to an aromatic ring is 1. The van der Waals surface area contributed by atoms with Crippen LogP contribution in [0.25, 0.3) is 22.2 Å². The van der Waals surface area contributed by atoms with Gasteiger partial charge in [0.05, 0.1) is 17.2 Å². The zero-order chi connectivity index (χ0) is 24.2. The molecule has 3 aromatic carbocycles. The van der Waals surface area contributed by atoms with Crippen LogP contribution in [0.3, 0.4) is 0 Å². The number of amides is 1. The third-order valence-corrected chi connectivity index (χ3v) is 5.66. The van der Waals surface area contributed by atoms with Gasteiger partial charge in [0, 0.05) is 6.54 Å². The number of para-hydroxylation sites is 2. The summed E-state index contributed by atoms with van der Waals surface area (Å²) in [6.07, 6.45) is 3.17. The van der Waals surface area contributed by atoms with E-state index in [1.807, 2.05) is 42.5 Å². The second-order valence-electron chi connectivity index (χ2n) is 8.10. The summed E-state index contributed by atoms with van der Waals surface area (Å²) in [5, 5.41) is 7.39. The van der Waals surface area contributed by atoms with E-state index in [0.717, 1.165) is 12.8 Å². The SMILES string of the molecule is Nc1c(C(=O)NCCCc2ccccc2)c2nc3ccccc3nc2n1/N=C/c1ccc(F)cc1. The number of hydrogen-bond donors (Lipinski definition) is 2. The van der Waals surface area contributed by atoms with Gasteiger partial charge < -0.3 is 11.1 Å². The number of fused-ring (bicyclic) bond motifs is 2. The molecule has 0 fully saturated rings. The summed E-state index contributed by atoms with van der Waals surface area (Å²) in [6, 6.07) is 23.4. The molecule has 0 aliphatic carbocycles. The van der Waals surface area contributed by atoms with Crippen molar-refractivity contribution < 1.29 is 9.18 Å². The van der Waals surface area contributed by atoms with Gasteiger partial charge in [-0.3, -0.25) is 4.79 Å². The average Bonchev–Trinajstić information content (AvgIpc) is 3.15. The lowest BCUT2D eigenvalue weighted by Gasteiger charge is -2.06. The Morgan fingerprint density at radius 3 is 2.40 bits per heavy atom. The summed E-state index contributed by atoms with van der Waals surface area (Å²) >= 11 is 0. The van der Waals surface area contributed by atoms with E-state index in [9.17, 15) is 9.18 Å². The summed E-state index contributed by atoms with van der Waals surface area (Å²) in [7, 11) is 0. The number of aryl methyl sites for hydroxylation is 1. The molecule has 0 bridgehead atoms. The lowest BCUT2D eigenvalue weighted by atomic mass is 10.1. The van der Waals surface area contributed by atoms with E-state index in [0.29, 0.717) is 34.3 Å². The predicted octanol–water partition coefficient (Wildman–Crippen LogP) is 4.55. The topological polar surface area (TPSA) is 98.2 Å². The molecule has 35 heavy (non-hydrogen) atoms. The number of benzene rings is 3. The number of halogens is 1. The maximum absolute atomic E-state index is 13.3. The van der Waals surface area contributed by atoms with Gasteiger partial charge in [0.2, 0.25) is 0 Å². The van der Waals surface area contributed by atoms with Crippen molar-refractivity contribution in [2.75, 3.05) is 12.3 Å². The quantitative estimate of drug-likeness (QED) is 0.272. The minimum atomic E-state index is -0.336. The van der Waals surface area contributed by atoms with E-state index in [2.05, 4.69) is 32.5 Å². The smallest absolute Gasteiger partial charge is 0.257 e. The van der Waals surface area contributed by atoms with E-state index < -0.39 is 0 Å². The molecule has 0 aliphatic rings. The molecule has 5 aromatic rings. The number of aromatic nitrogens is 3. The fourth-order valence-electron chi connectivity index (χ4n) is 3.89. The Bertz CT molecular complexity index is 1530. The highest BCUT2D eigenvalue weighted by molar-refractivity contribution is 6.10. The monoisotopic (exact) mass is 466 g/mol. The van der Waals surface area contributed by atoms with Crippen LogP contribution in [0.4, 0.5) is 10.2 Å². The fourth-order valence-corrected chi connectivity index (χ4v) is 3.89. The molecule has 0 saturated carbocycles. The van der Waals surface area contributed by atoms with Crippen molar-refractivity contribution in [2.24, 2.45) is 5.10 Å². The maximum Gasteiger partial charge on any atom is 0.257 e. The van der Waals surface area contributed by atoms with Gasteiger partial charge in [-0.05, 0) is 48.2 Å². The molecule has 2 aromatic heterocycles. The van der Waals surface area contributed by atoms with Crippen LogP contribution in [0.2, 0.25) is 0 Å². The van der Waals surface area contributed by atoms with E-state index >= 15 is 0 Å². The van der Waals surface area contributed by atoms with Crippen LogP contribution in [-0.2, 0) is 6.42 Å². The van der Waals surface area contributed by atoms with Crippen molar-refractivity contribution in [3.63, 3.8) is 0 Å². The number of anilines is 1. The zero-order valence-electron chi connectivity index (χ0n) is 18.9. The van der Waals surface area contributed by atoms with Gasteiger partial charge in [-0.2, -0.15) is 9.78 Å². The van der Waals surface area contributed by atoms with Crippen LogP contribution >= 0.6 is 0 Å². The van der Waals surface area contributed by atoms with Gasteiger partial charge >= 0.3 is 0 Å². The van der Waals surface area contributed by atoms with Crippen molar-refractivity contribution in [2.45, 2.75) is 12.8 Å². The molecular weight excluding hydrogens is 443 g/mol. The van der Waals surface area contributed by atoms with Crippen molar-refractivity contribution in [1.82, 2.24) is 20.0 Å². The van der Waals surface area contributed by atoms with Crippen LogP contribution in [0, 0.1) is 5.82 Å². The standard InChI is InChI=1S/C27H23FN6O/c28-20-14-12-19(13-15-20)17-31-34-25(29)23(24-26(34)33-22-11-5-4-10-21(22)32-24)27(35)30-16-6-9-18-7-2-1-3-8-18/h1-5,7-8,10-15,17H,6,9,16,29H2,(H,30,35)/b31-17+. The zero-order valence-corrected chi connectivity index (χ0v) is 18.9. The highest BCUT2D eigenvalue weighted by Gasteiger charge is 2.23. The molecular formula is C27H23FN6O. The Hall–Kier alpha value is -4.59. The van der Waals surface area contributed by atoms with Crippen molar-refractivity contribution in [3.05, 3.63) is 101 Å². The molecule has 0 saturated heterocycles. The van der Waals surface area contributed by atoms with Crippen molar-refractivity contribution >= 4 is 40.1 Å². The molecule has 8 heteroatoms. The lowest BCUT2D eigenvalue weighted by Crippen LogP contribution is -2.25. The van der Waals surface area contributed by atoms with Crippen LogP contribution in [0.15, 0.2) is 84.0 Å². The first-order chi connectivity index (χ1) is 17.1. The van der Waals surface area contributed by atoms with Gasteiger partial charge in [-0.15, -0.1) is 0 Å². The largest absolute Gasteiger partial charge is 0.383 e. The number of rotatable bonds is 7. The first kappa shape index (κ1) is 22.2. The maximum atomic E-state index is 13.3. The second-order valence-corrected chi connectivity index (χ2v) is 8.10. The van der Waals surface area contributed by atoms with Gasteiger partial charge in [-0.25, -0.2) is 14.4 Å². The summed E-state index contributed by atoms with van der Waals surface area (Å²) in [5.41, 5.74) is 10.6. The highest BCUT2D eigenvalue weighted by atomic mass is 19.1. The Kier molecular flexibility index (Phi) is 6.17. The Morgan fingerprint density at radius 2 is 1.66 bits per heavy atom. The Labute approximate surface area is 201 Å². The minimum absolute atomic E-state index is 0.134. The Balaban J connectivity index is 1.47. The van der Waals surface area contributed by atoms with E-state index in [4.69, 9.17) is 5.73 Å². The number of nitrogens with zero attached hydrogens (tertiary/aromatic N) is 4. The van der Waals surface area contributed by atoms with Crippen molar-refractivity contribution in [1.29, 1.82) is 0 Å². The molecule has 0 unspecified atom stereocenters. The molecule has 0 radical (unpaired) electrons. The highest BCUT2D eigenvalue weighted by Crippen LogP contribution is 2.27. The summed E-state index contributed by atoms with van der Waals surface area (Å²) in [6.45, 7) is 0.486. The van der Waals surface area contributed by atoms with Gasteiger partial charge in [0.1, 0.15) is 22.7 Å². The van der Waals surface area contributed by atoms with Crippen LogP contribution in [0.5, 0.6) is 0 Å². The van der Waals surface area contributed by atoms with E-state index in [1.54, 1.807) is 12.1 Å². The molecule has 3 N–H and O–H groups in total. The molecule has 2 heterocycles.